The summed E-state index contributed by atoms with van der Waals surface area (Å²) in [6.07, 6.45) is 16.7. The van der Waals surface area contributed by atoms with Gasteiger partial charge in [-0.05, 0) is 137 Å². The number of benzene rings is 1. The average molecular weight is 586 g/mol. The van der Waals surface area contributed by atoms with E-state index >= 15 is 0 Å². The minimum absolute atomic E-state index is 0.0128. The highest BCUT2D eigenvalue weighted by Gasteiger charge is 2.63. The molecule has 4 aliphatic carbocycles. The highest BCUT2D eigenvalue weighted by atomic mass is 16.5. The van der Waals surface area contributed by atoms with Gasteiger partial charge in [-0.15, -0.1) is 0 Å². The van der Waals surface area contributed by atoms with Crippen molar-refractivity contribution in [1.82, 2.24) is 0 Å². The van der Waals surface area contributed by atoms with E-state index in [0.717, 1.165) is 43.2 Å². The summed E-state index contributed by atoms with van der Waals surface area (Å²) >= 11 is 0. The summed E-state index contributed by atoms with van der Waals surface area (Å²) in [7, 11) is 0. The lowest BCUT2D eigenvalue weighted by atomic mass is 9.43. The van der Waals surface area contributed by atoms with Crippen molar-refractivity contribution >= 4 is 11.7 Å². The van der Waals surface area contributed by atoms with Crippen LogP contribution in [0.25, 0.3) is 0 Å². The van der Waals surface area contributed by atoms with Gasteiger partial charge >= 0.3 is 5.97 Å². The van der Waals surface area contributed by atoms with Crippen molar-refractivity contribution in [3.05, 3.63) is 52.6 Å². The van der Waals surface area contributed by atoms with Crippen molar-refractivity contribution in [1.29, 1.82) is 0 Å². The van der Waals surface area contributed by atoms with Crippen LogP contribution in [0.5, 0.6) is 0 Å². The molecule has 43 heavy (non-hydrogen) atoms. The van der Waals surface area contributed by atoms with E-state index in [9.17, 15) is 4.79 Å². The molecule has 3 nitrogen and oxygen atoms in total. The second-order valence-electron chi connectivity index (χ2n) is 16.9. The molecule has 0 bridgehead atoms. The van der Waals surface area contributed by atoms with Crippen LogP contribution >= 0.6 is 0 Å². The van der Waals surface area contributed by atoms with Crippen LogP contribution in [0.15, 0.2) is 47.1 Å². The summed E-state index contributed by atoms with van der Waals surface area (Å²) in [5.41, 5.74) is 8.46. The fraction of sp³-hybridized carbons (Fsp3) is 0.725. The standard InChI is InChI=1S/C40H59NO2/c1-26(2)12-11-13-27(3)29-20-24-40(8)31-17-19-34-37(4,5)35(22-23-38(34,6)30(31)21-25-39(29,40)7)43-36(42)33-18-16-28-14-9-10-15-32(28)41-33/h9-10,12,14-15,27,29,33-35,41H,11,13,16-25H2,1-8H3/t27-,29-,33?,34?,35+,38-,39-,40+/m1/s1. The van der Waals surface area contributed by atoms with Crippen LogP contribution in [0, 0.1) is 39.4 Å². The molecule has 1 heterocycles. The molecule has 1 aromatic carbocycles. The average Bonchev–Trinajstić information content (AvgIpc) is 3.25. The van der Waals surface area contributed by atoms with E-state index in [-0.39, 0.29) is 28.9 Å². The molecule has 0 amide bonds. The van der Waals surface area contributed by atoms with Crippen LogP contribution < -0.4 is 5.32 Å². The predicted molar refractivity (Wildman–Crippen MR) is 179 cm³/mol. The Morgan fingerprint density at radius 1 is 0.953 bits per heavy atom. The number of allylic oxidation sites excluding steroid dienone is 4. The first-order chi connectivity index (χ1) is 20.3. The van der Waals surface area contributed by atoms with Gasteiger partial charge in [0.15, 0.2) is 0 Å². The zero-order chi connectivity index (χ0) is 30.8. The van der Waals surface area contributed by atoms with E-state index in [1.807, 2.05) is 17.2 Å². The van der Waals surface area contributed by atoms with Crippen molar-refractivity contribution in [3.8, 4) is 0 Å². The molecule has 2 fully saturated rings. The number of anilines is 1. The fourth-order valence-electron chi connectivity index (χ4n) is 11.5. The van der Waals surface area contributed by atoms with Gasteiger partial charge in [-0.3, -0.25) is 0 Å². The third-order valence-electron chi connectivity index (χ3n) is 14.2. The maximum atomic E-state index is 13.5. The SMILES string of the molecule is CC(C)=CCC[C@@H](C)[C@H]1CC[C@@]2(C)C3=C(CC[C@]12C)[C@@]1(C)CC[C@H](OC(=O)C2CCc4ccccc4N2)C(C)(C)C1CC3. The van der Waals surface area contributed by atoms with E-state index in [0.29, 0.717) is 16.7 Å². The number of hydrogen-bond donors (Lipinski definition) is 1. The Morgan fingerprint density at radius 2 is 1.72 bits per heavy atom. The Hall–Kier alpha value is -2.03. The van der Waals surface area contributed by atoms with Gasteiger partial charge in [0.2, 0.25) is 0 Å². The molecular formula is C40H59NO2. The summed E-state index contributed by atoms with van der Waals surface area (Å²) < 4.78 is 6.46. The third-order valence-corrected chi connectivity index (χ3v) is 14.2. The molecule has 6 rings (SSSR count). The number of aryl methyl sites for hydroxylation is 1. The van der Waals surface area contributed by atoms with Crippen LogP contribution in [0.4, 0.5) is 5.69 Å². The maximum absolute atomic E-state index is 13.5. The summed E-state index contributed by atoms with van der Waals surface area (Å²) in [5, 5.41) is 3.49. The summed E-state index contributed by atoms with van der Waals surface area (Å²) in [5.74, 6) is 2.12. The molecule has 1 aromatic rings. The largest absolute Gasteiger partial charge is 0.460 e. The van der Waals surface area contributed by atoms with Crippen LogP contribution in [-0.4, -0.2) is 18.1 Å². The number of carbonyl (C=O) groups excluding carboxylic acids is 1. The molecule has 1 aliphatic heterocycles. The number of nitrogens with one attached hydrogen (secondary N) is 1. The smallest absolute Gasteiger partial charge is 0.328 e. The number of ether oxygens (including phenoxy) is 1. The second-order valence-corrected chi connectivity index (χ2v) is 16.9. The molecule has 5 aliphatic rings. The fourth-order valence-corrected chi connectivity index (χ4v) is 11.5. The number of fused-ring (bicyclic) bond motifs is 5. The molecule has 2 saturated carbocycles. The first kappa shape index (κ1) is 31.0. The minimum atomic E-state index is -0.240. The zero-order valence-electron chi connectivity index (χ0n) is 28.6. The minimum Gasteiger partial charge on any atom is -0.460 e. The van der Waals surface area contributed by atoms with Crippen molar-refractivity contribution in [3.63, 3.8) is 0 Å². The quantitative estimate of drug-likeness (QED) is 0.267. The Morgan fingerprint density at radius 3 is 2.49 bits per heavy atom. The number of carbonyl (C=O) groups is 1. The van der Waals surface area contributed by atoms with Gasteiger partial charge < -0.3 is 10.1 Å². The van der Waals surface area contributed by atoms with Crippen LogP contribution in [-0.2, 0) is 16.0 Å². The van der Waals surface area contributed by atoms with Crippen LogP contribution in [0.2, 0.25) is 0 Å². The first-order valence-electron chi connectivity index (χ1n) is 17.7. The van der Waals surface area contributed by atoms with Crippen molar-refractivity contribution < 1.29 is 9.53 Å². The Kier molecular flexibility index (Phi) is 7.99. The second kappa shape index (κ2) is 11.1. The van der Waals surface area contributed by atoms with Crippen molar-refractivity contribution in [2.75, 3.05) is 5.32 Å². The summed E-state index contributed by atoms with van der Waals surface area (Å²) in [4.78, 5) is 13.5. The van der Waals surface area contributed by atoms with E-state index in [4.69, 9.17) is 4.74 Å². The molecule has 3 heteroatoms. The molecule has 2 unspecified atom stereocenters. The molecule has 0 spiro atoms. The van der Waals surface area contributed by atoms with Gasteiger partial charge in [-0.25, -0.2) is 4.79 Å². The van der Waals surface area contributed by atoms with Crippen molar-refractivity contribution in [2.45, 2.75) is 145 Å². The molecule has 1 N–H and O–H groups in total. The molecule has 0 aromatic heterocycles. The highest BCUT2D eigenvalue weighted by Crippen LogP contribution is 2.72. The highest BCUT2D eigenvalue weighted by molar-refractivity contribution is 5.81. The zero-order valence-corrected chi connectivity index (χ0v) is 28.6. The Bertz CT molecular complexity index is 1300. The third kappa shape index (κ3) is 4.94. The topological polar surface area (TPSA) is 38.3 Å². The monoisotopic (exact) mass is 585 g/mol. The van der Waals surface area contributed by atoms with Crippen LogP contribution in [0.3, 0.4) is 0 Å². The molecule has 8 atom stereocenters. The maximum Gasteiger partial charge on any atom is 0.328 e. The number of hydrogen-bond acceptors (Lipinski definition) is 3. The Labute approximate surface area is 262 Å². The lowest BCUT2D eigenvalue weighted by Gasteiger charge is -2.62. The number of para-hydroxylation sites is 1. The number of esters is 1. The summed E-state index contributed by atoms with van der Waals surface area (Å²) in [6.45, 7) is 19.8. The molecule has 0 saturated heterocycles. The lowest BCUT2D eigenvalue weighted by molar-refractivity contribution is -0.170. The van der Waals surface area contributed by atoms with E-state index in [2.05, 4.69) is 85.0 Å². The van der Waals surface area contributed by atoms with Gasteiger partial charge in [0, 0.05) is 11.1 Å². The van der Waals surface area contributed by atoms with E-state index in [1.54, 1.807) is 0 Å². The number of rotatable bonds is 6. The summed E-state index contributed by atoms with van der Waals surface area (Å²) in [6, 6.07) is 8.13. The van der Waals surface area contributed by atoms with Crippen LogP contribution in [0.1, 0.15) is 132 Å². The van der Waals surface area contributed by atoms with Gasteiger partial charge in [0.1, 0.15) is 12.1 Å². The van der Waals surface area contributed by atoms with E-state index in [1.165, 1.54) is 62.5 Å². The van der Waals surface area contributed by atoms with Gasteiger partial charge in [0.25, 0.3) is 0 Å². The molecule has 0 radical (unpaired) electrons. The Balaban J connectivity index is 1.19. The molecule has 236 valence electrons. The lowest BCUT2D eigenvalue weighted by Crippen LogP contribution is -2.56. The van der Waals surface area contributed by atoms with Gasteiger partial charge in [-0.1, -0.05) is 82.5 Å². The normalized spacial score (nSPS) is 38.5. The van der Waals surface area contributed by atoms with Gasteiger partial charge in [-0.2, -0.15) is 0 Å². The van der Waals surface area contributed by atoms with E-state index < -0.39 is 0 Å². The first-order valence-corrected chi connectivity index (χ1v) is 17.7. The van der Waals surface area contributed by atoms with Gasteiger partial charge in [0.05, 0.1) is 0 Å². The predicted octanol–water partition coefficient (Wildman–Crippen LogP) is 10.5. The van der Waals surface area contributed by atoms with Crippen molar-refractivity contribution in [2.24, 2.45) is 39.4 Å². The molecular weight excluding hydrogens is 526 g/mol.